The fourth-order valence-electron chi connectivity index (χ4n) is 1.47. The number of carbonyl (C=O) groups is 2. The van der Waals surface area contributed by atoms with Crippen LogP contribution in [-0.2, 0) is 14.2 Å². The molecule has 0 saturated carbocycles. The molecule has 2 radical (unpaired) electrons. The minimum atomic E-state index is -0.562. The number of carbonyl (C=O) groups excluding carboxylic acids is 2. The second-order valence-corrected chi connectivity index (χ2v) is 2.83. The molecule has 0 aromatic heterocycles. The van der Waals surface area contributed by atoms with Crippen LogP contribution in [0.25, 0.3) is 0 Å². The van der Waals surface area contributed by atoms with E-state index in [1.54, 1.807) is 0 Å². The molecule has 1 amide bonds. The standard InChI is InChI=1S/C8H10BNO3/c1-2-7(11)10-5-3-4-6(10)8(12)13-9/h2,6H,1,3-5H2. The van der Waals surface area contributed by atoms with Crippen LogP contribution in [0.1, 0.15) is 12.8 Å². The fraction of sp³-hybridized carbons (Fsp3) is 0.500. The van der Waals surface area contributed by atoms with Crippen LogP contribution in [0.2, 0.25) is 0 Å². The van der Waals surface area contributed by atoms with E-state index in [0.29, 0.717) is 13.0 Å². The van der Waals surface area contributed by atoms with Gasteiger partial charge in [0.25, 0.3) is 0 Å². The summed E-state index contributed by atoms with van der Waals surface area (Å²) in [7, 11) is 4.74. The maximum absolute atomic E-state index is 11.2. The zero-order valence-corrected chi connectivity index (χ0v) is 7.23. The van der Waals surface area contributed by atoms with Gasteiger partial charge in [0.15, 0.2) is 0 Å². The van der Waals surface area contributed by atoms with Crippen LogP contribution in [0, 0.1) is 0 Å². The van der Waals surface area contributed by atoms with Crippen LogP contribution in [0.4, 0.5) is 0 Å². The second-order valence-electron chi connectivity index (χ2n) is 2.83. The largest absolute Gasteiger partial charge is 0.542 e. The van der Waals surface area contributed by atoms with Crippen molar-refractivity contribution in [2.75, 3.05) is 6.54 Å². The number of hydrogen-bond donors (Lipinski definition) is 0. The Bertz CT molecular complexity index is 242. The van der Waals surface area contributed by atoms with E-state index < -0.39 is 12.0 Å². The Kier molecular flexibility index (Phi) is 3.11. The van der Waals surface area contributed by atoms with Crippen molar-refractivity contribution in [2.24, 2.45) is 0 Å². The summed E-state index contributed by atoms with van der Waals surface area (Å²) < 4.78 is 4.09. The molecule has 0 aliphatic carbocycles. The van der Waals surface area contributed by atoms with Crippen LogP contribution in [0.15, 0.2) is 12.7 Å². The lowest BCUT2D eigenvalue weighted by atomic mass is 10.2. The number of amides is 1. The molecule has 0 N–H and O–H groups in total. The van der Waals surface area contributed by atoms with Crippen LogP contribution in [0.5, 0.6) is 0 Å². The van der Waals surface area contributed by atoms with Gasteiger partial charge in [-0.25, -0.2) is 0 Å². The lowest BCUT2D eigenvalue weighted by Gasteiger charge is -2.20. The van der Waals surface area contributed by atoms with E-state index in [1.165, 1.54) is 11.0 Å². The predicted molar refractivity (Wildman–Crippen MR) is 46.8 cm³/mol. The van der Waals surface area contributed by atoms with E-state index in [-0.39, 0.29) is 5.91 Å². The van der Waals surface area contributed by atoms with Crippen molar-refractivity contribution in [2.45, 2.75) is 18.9 Å². The molecule has 0 aromatic carbocycles. The summed E-state index contributed by atoms with van der Waals surface area (Å²) in [6.07, 6.45) is 2.58. The first-order valence-electron chi connectivity index (χ1n) is 4.04. The zero-order valence-electron chi connectivity index (χ0n) is 7.23. The van der Waals surface area contributed by atoms with Crippen molar-refractivity contribution >= 4 is 19.9 Å². The summed E-state index contributed by atoms with van der Waals surface area (Å²) in [6.45, 7) is 3.91. The van der Waals surface area contributed by atoms with Crippen LogP contribution >= 0.6 is 0 Å². The average molecular weight is 179 g/mol. The van der Waals surface area contributed by atoms with E-state index >= 15 is 0 Å². The molecular formula is C8H10BNO3. The predicted octanol–water partition coefficient (Wildman–Crippen LogP) is -0.210. The SMILES string of the molecule is [B]OC(=O)C1CCCN1C(=O)C=C. The van der Waals surface area contributed by atoms with Crippen LogP contribution in [-0.4, -0.2) is 37.4 Å². The number of likely N-dealkylation sites (tertiary alicyclic amines) is 1. The van der Waals surface area contributed by atoms with Crippen molar-refractivity contribution in [3.8, 4) is 0 Å². The van der Waals surface area contributed by atoms with Gasteiger partial charge in [-0.05, 0) is 18.9 Å². The van der Waals surface area contributed by atoms with Gasteiger partial charge in [0.2, 0.25) is 5.91 Å². The highest BCUT2D eigenvalue weighted by atomic mass is 16.5. The minimum absolute atomic E-state index is 0.257. The minimum Gasteiger partial charge on any atom is -0.542 e. The molecule has 1 fully saturated rings. The van der Waals surface area contributed by atoms with E-state index in [9.17, 15) is 9.59 Å². The molecule has 0 spiro atoms. The normalized spacial score (nSPS) is 21.2. The van der Waals surface area contributed by atoms with Gasteiger partial charge in [-0.1, -0.05) is 6.58 Å². The summed E-state index contributed by atoms with van der Waals surface area (Å²) in [4.78, 5) is 23.7. The Morgan fingerprint density at radius 1 is 1.62 bits per heavy atom. The molecule has 1 unspecified atom stereocenters. The van der Waals surface area contributed by atoms with Crippen molar-refractivity contribution in [1.82, 2.24) is 4.90 Å². The molecule has 0 aromatic rings. The monoisotopic (exact) mass is 179 g/mol. The van der Waals surface area contributed by atoms with Gasteiger partial charge < -0.3 is 9.55 Å². The van der Waals surface area contributed by atoms with Gasteiger partial charge in [0, 0.05) is 6.54 Å². The van der Waals surface area contributed by atoms with E-state index in [0.717, 1.165) is 6.42 Å². The molecule has 68 valence electrons. The first-order valence-corrected chi connectivity index (χ1v) is 4.04. The third kappa shape index (κ3) is 1.91. The molecule has 1 aliphatic heterocycles. The summed E-state index contributed by atoms with van der Waals surface area (Å²) in [6, 6.07) is -0.532. The van der Waals surface area contributed by atoms with E-state index in [2.05, 4.69) is 11.2 Å². The lowest BCUT2D eigenvalue weighted by molar-refractivity contribution is -0.144. The van der Waals surface area contributed by atoms with Gasteiger partial charge >= 0.3 is 14.0 Å². The molecular weight excluding hydrogens is 169 g/mol. The fourth-order valence-corrected chi connectivity index (χ4v) is 1.47. The Hall–Kier alpha value is -1.26. The molecule has 1 saturated heterocycles. The molecule has 1 heterocycles. The first kappa shape index (κ1) is 9.83. The maximum atomic E-state index is 11.2. The smallest absolute Gasteiger partial charge is 0.378 e. The van der Waals surface area contributed by atoms with Gasteiger partial charge in [-0.3, -0.25) is 9.59 Å². The Morgan fingerprint density at radius 3 is 2.85 bits per heavy atom. The van der Waals surface area contributed by atoms with Gasteiger partial charge in [0.05, 0.1) is 0 Å². The molecule has 1 atom stereocenters. The molecule has 1 rings (SSSR count). The Balaban J connectivity index is 2.68. The Labute approximate surface area is 78.0 Å². The van der Waals surface area contributed by atoms with Gasteiger partial charge in [0.1, 0.15) is 6.04 Å². The highest BCUT2D eigenvalue weighted by molar-refractivity contribution is 6.07. The third-order valence-corrected chi connectivity index (χ3v) is 2.10. The van der Waals surface area contributed by atoms with Gasteiger partial charge in [-0.2, -0.15) is 0 Å². The lowest BCUT2D eigenvalue weighted by Crippen LogP contribution is -2.40. The molecule has 13 heavy (non-hydrogen) atoms. The quantitative estimate of drug-likeness (QED) is 0.435. The zero-order chi connectivity index (χ0) is 9.84. The first-order chi connectivity index (χ1) is 6.20. The summed E-state index contributed by atoms with van der Waals surface area (Å²) in [5.41, 5.74) is 0. The van der Waals surface area contributed by atoms with Crippen molar-refractivity contribution in [3.63, 3.8) is 0 Å². The summed E-state index contributed by atoms with van der Waals surface area (Å²) in [5.74, 6) is -0.819. The average Bonchev–Trinajstić information content (AvgIpc) is 2.63. The van der Waals surface area contributed by atoms with Crippen LogP contribution in [0.3, 0.4) is 0 Å². The highest BCUT2D eigenvalue weighted by Crippen LogP contribution is 2.18. The number of nitrogens with zero attached hydrogens (tertiary/aromatic N) is 1. The summed E-state index contributed by atoms with van der Waals surface area (Å²) in [5, 5.41) is 0. The molecule has 4 nitrogen and oxygen atoms in total. The number of hydrogen-bond acceptors (Lipinski definition) is 3. The topological polar surface area (TPSA) is 46.6 Å². The molecule has 1 aliphatic rings. The van der Waals surface area contributed by atoms with Crippen LogP contribution < -0.4 is 0 Å². The van der Waals surface area contributed by atoms with E-state index in [4.69, 9.17) is 8.05 Å². The van der Waals surface area contributed by atoms with Crippen molar-refractivity contribution < 1.29 is 14.2 Å². The van der Waals surface area contributed by atoms with Crippen molar-refractivity contribution in [1.29, 1.82) is 0 Å². The third-order valence-electron chi connectivity index (χ3n) is 2.10. The highest BCUT2D eigenvalue weighted by Gasteiger charge is 2.33. The van der Waals surface area contributed by atoms with Gasteiger partial charge in [-0.15, -0.1) is 0 Å². The number of rotatable bonds is 2. The van der Waals surface area contributed by atoms with E-state index in [1.807, 2.05) is 0 Å². The second kappa shape index (κ2) is 4.12. The maximum Gasteiger partial charge on any atom is 0.378 e. The summed E-state index contributed by atoms with van der Waals surface area (Å²) >= 11 is 0. The molecule has 5 heteroatoms. The van der Waals surface area contributed by atoms with Crippen molar-refractivity contribution in [3.05, 3.63) is 12.7 Å². The Morgan fingerprint density at radius 2 is 2.31 bits per heavy atom. The molecule has 0 bridgehead atoms.